The summed E-state index contributed by atoms with van der Waals surface area (Å²) in [7, 11) is 0. The van der Waals surface area contributed by atoms with E-state index >= 15 is 0 Å². The molecule has 2 heterocycles. The molecule has 1 unspecified atom stereocenters. The predicted octanol–water partition coefficient (Wildman–Crippen LogP) is 1.11. The van der Waals surface area contributed by atoms with Crippen LogP contribution in [0.4, 0.5) is 0 Å². The van der Waals surface area contributed by atoms with Crippen LogP contribution in [0.5, 0.6) is 0 Å². The molecule has 0 aliphatic carbocycles. The van der Waals surface area contributed by atoms with Crippen LogP contribution in [-0.4, -0.2) is 30.0 Å². The number of aryl methyl sites for hydroxylation is 1. The van der Waals surface area contributed by atoms with Crippen LogP contribution in [0.3, 0.4) is 0 Å². The summed E-state index contributed by atoms with van der Waals surface area (Å²) in [5.41, 5.74) is 5.56. The minimum Gasteiger partial charge on any atom is -0.380 e. The summed E-state index contributed by atoms with van der Waals surface area (Å²) < 4.78 is 5.42. The Balaban J connectivity index is 2.05. The fourth-order valence-electron chi connectivity index (χ4n) is 1.69. The first-order valence-corrected chi connectivity index (χ1v) is 6.17. The topological polar surface area (TPSA) is 61.0 Å². The van der Waals surface area contributed by atoms with Gasteiger partial charge in [-0.3, -0.25) is 0 Å². The normalized spacial score (nSPS) is 26.0. The SMILES string of the molecule is CC1(c2nnc(CCCN)s2)CCOC1. The molecule has 2 rings (SSSR count). The van der Waals surface area contributed by atoms with Crippen LogP contribution in [0.1, 0.15) is 29.8 Å². The van der Waals surface area contributed by atoms with Crippen molar-refractivity contribution in [2.45, 2.75) is 31.6 Å². The van der Waals surface area contributed by atoms with Crippen LogP contribution in [0.15, 0.2) is 0 Å². The Morgan fingerprint density at radius 3 is 3.07 bits per heavy atom. The van der Waals surface area contributed by atoms with Gasteiger partial charge in [-0.15, -0.1) is 21.5 Å². The summed E-state index contributed by atoms with van der Waals surface area (Å²) in [5, 5.41) is 10.7. The largest absolute Gasteiger partial charge is 0.380 e. The van der Waals surface area contributed by atoms with Gasteiger partial charge in [-0.25, -0.2) is 0 Å². The summed E-state index contributed by atoms with van der Waals surface area (Å²) in [4.78, 5) is 0. The zero-order valence-corrected chi connectivity index (χ0v) is 9.85. The summed E-state index contributed by atoms with van der Waals surface area (Å²) in [6, 6.07) is 0. The highest BCUT2D eigenvalue weighted by Gasteiger charge is 2.35. The molecule has 0 aromatic carbocycles. The Bertz CT molecular complexity index is 320. The lowest BCUT2D eigenvalue weighted by atomic mass is 9.91. The quantitative estimate of drug-likeness (QED) is 0.837. The van der Waals surface area contributed by atoms with Gasteiger partial charge >= 0.3 is 0 Å². The molecule has 2 N–H and O–H groups in total. The van der Waals surface area contributed by atoms with Gasteiger partial charge in [0, 0.05) is 18.4 Å². The second-order valence-electron chi connectivity index (χ2n) is 4.26. The first-order chi connectivity index (χ1) is 7.24. The molecule has 1 atom stereocenters. The molecule has 5 heteroatoms. The van der Waals surface area contributed by atoms with Gasteiger partial charge in [0.1, 0.15) is 10.0 Å². The lowest BCUT2D eigenvalue weighted by molar-refractivity contribution is 0.180. The Hall–Kier alpha value is -0.520. The zero-order valence-electron chi connectivity index (χ0n) is 9.03. The van der Waals surface area contributed by atoms with Crippen molar-refractivity contribution < 1.29 is 4.74 Å². The number of hydrogen-bond acceptors (Lipinski definition) is 5. The Morgan fingerprint density at radius 2 is 2.40 bits per heavy atom. The van der Waals surface area contributed by atoms with Gasteiger partial charge in [0.25, 0.3) is 0 Å². The van der Waals surface area contributed by atoms with E-state index in [9.17, 15) is 0 Å². The van der Waals surface area contributed by atoms with E-state index in [1.807, 2.05) is 0 Å². The summed E-state index contributed by atoms with van der Waals surface area (Å²) in [6.45, 7) is 4.54. The summed E-state index contributed by atoms with van der Waals surface area (Å²) in [5.74, 6) is 0. The molecule has 1 aromatic rings. The first kappa shape index (κ1) is 11.0. The van der Waals surface area contributed by atoms with Crippen molar-refractivity contribution in [2.75, 3.05) is 19.8 Å². The first-order valence-electron chi connectivity index (χ1n) is 5.35. The van der Waals surface area contributed by atoms with Crippen molar-refractivity contribution in [3.8, 4) is 0 Å². The molecule has 4 nitrogen and oxygen atoms in total. The maximum Gasteiger partial charge on any atom is 0.125 e. The van der Waals surface area contributed by atoms with E-state index in [2.05, 4.69) is 17.1 Å². The fourth-order valence-corrected chi connectivity index (χ4v) is 2.73. The van der Waals surface area contributed by atoms with Crippen LogP contribution in [0.25, 0.3) is 0 Å². The minimum atomic E-state index is 0.0959. The number of nitrogens with zero attached hydrogens (tertiary/aromatic N) is 2. The second kappa shape index (κ2) is 4.55. The monoisotopic (exact) mass is 227 g/mol. The number of aromatic nitrogens is 2. The van der Waals surface area contributed by atoms with Crippen molar-refractivity contribution in [2.24, 2.45) is 5.73 Å². The van der Waals surface area contributed by atoms with E-state index in [0.29, 0.717) is 0 Å². The molecule has 0 radical (unpaired) electrons. The van der Waals surface area contributed by atoms with Crippen molar-refractivity contribution in [1.82, 2.24) is 10.2 Å². The molecule has 1 aliphatic rings. The van der Waals surface area contributed by atoms with Gasteiger partial charge in [-0.05, 0) is 19.4 Å². The van der Waals surface area contributed by atoms with E-state index < -0.39 is 0 Å². The third-order valence-corrected chi connectivity index (χ3v) is 4.09. The van der Waals surface area contributed by atoms with Crippen molar-refractivity contribution in [3.05, 3.63) is 10.0 Å². The Labute approximate surface area is 93.8 Å². The van der Waals surface area contributed by atoms with Crippen LogP contribution in [0, 0.1) is 0 Å². The van der Waals surface area contributed by atoms with Crippen LogP contribution in [0.2, 0.25) is 0 Å². The molecule has 0 amide bonds. The molecular weight excluding hydrogens is 210 g/mol. The van der Waals surface area contributed by atoms with Gasteiger partial charge in [0.2, 0.25) is 0 Å². The third-order valence-electron chi connectivity index (χ3n) is 2.80. The third kappa shape index (κ3) is 2.35. The van der Waals surface area contributed by atoms with E-state index in [-0.39, 0.29) is 5.41 Å². The van der Waals surface area contributed by atoms with Gasteiger partial charge in [-0.2, -0.15) is 0 Å². The van der Waals surface area contributed by atoms with Gasteiger partial charge in [0.05, 0.1) is 6.61 Å². The average molecular weight is 227 g/mol. The van der Waals surface area contributed by atoms with E-state index in [4.69, 9.17) is 10.5 Å². The second-order valence-corrected chi connectivity index (χ2v) is 5.32. The Kier molecular flexibility index (Phi) is 3.33. The highest BCUT2D eigenvalue weighted by Crippen LogP contribution is 2.34. The molecular formula is C10H17N3OS. The molecule has 0 spiro atoms. The average Bonchev–Trinajstić information content (AvgIpc) is 2.84. The van der Waals surface area contributed by atoms with Gasteiger partial charge < -0.3 is 10.5 Å². The predicted molar refractivity (Wildman–Crippen MR) is 60.1 cm³/mol. The molecule has 15 heavy (non-hydrogen) atoms. The number of ether oxygens (including phenoxy) is 1. The van der Waals surface area contributed by atoms with Crippen molar-refractivity contribution in [3.63, 3.8) is 0 Å². The van der Waals surface area contributed by atoms with Crippen LogP contribution in [-0.2, 0) is 16.6 Å². The van der Waals surface area contributed by atoms with Crippen molar-refractivity contribution in [1.29, 1.82) is 0 Å². The number of hydrogen-bond donors (Lipinski definition) is 1. The highest BCUT2D eigenvalue weighted by atomic mass is 32.1. The Morgan fingerprint density at radius 1 is 1.53 bits per heavy atom. The van der Waals surface area contributed by atoms with Crippen LogP contribution >= 0.6 is 11.3 Å². The molecule has 1 saturated heterocycles. The van der Waals surface area contributed by atoms with E-state index in [1.54, 1.807) is 11.3 Å². The molecule has 0 saturated carbocycles. The summed E-state index contributed by atoms with van der Waals surface area (Å²) >= 11 is 1.71. The summed E-state index contributed by atoms with van der Waals surface area (Å²) in [6.07, 6.45) is 2.99. The lowest BCUT2D eigenvalue weighted by Gasteiger charge is -2.16. The zero-order chi connectivity index (χ0) is 10.7. The van der Waals surface area contributed by atoms with Gasteiger partial charge in [0.15, 0.2) is 0 Å². The maximum absolute atomic E-state index is 5.47. The lowest BCUT2D eigenvalue weighted by Crippen LogP contribution is -2.21. The molecule has 1 aromatic heterocycles. The molecule has 1 aliphatic heterocycles. The van der Waals surface area contributed by atoms with Crippen molar-refractivity contribution >= 4 is 11.3 Å². The minimum absolute atomic E-state index is 0.0959. The number of nitrogens with two attached hydrogens (primary N) is 1. The fraction of sp³-hybridized carbons (Fsp3) is 0.800. The molecule has 1 fully saturated rings. The maximum atomic E-state index is 5.47. The number of rotatable bonds is 4. The van der Waals surface area contributed by atoms with E-state index in [0.717, 1.165) is 49.0 Å². The molecule has 0 bridgehead atoms. The van der Waals surface area contributed by atoms with Crippen LogP contribution < -0.4 is 5.73 Å². The van der Waals surface area contributed by atoms with Gasteiger partial charge in [-0.1, -0.05) is 6.92 Å². The van der Waals surface area contributed by atoms with E-state index in [1.165, 1.54) is 0 Å². The molecule has 84 valence electrons. The standard InChI is InChI=1S/C10H17N3OS/c1-10(4-6-14-7-10)9-13-12-8(15-9)3-2-5-11/h2-7,11H2,1H3. The highest BCUT2D eigenvalue weighted by molar-refractivity contribution is 7.11. The smallest absolute Gasteiger partial charge is 0.125 e.